The second-order valence-corrected chi connectivity index (χ2v) is 5.50. The molecule has 2 rings (SSSR count). The van der Waals surface area contributed by atoms with E-state index in [9.17, 15) is 13.6 Å². The van der Waals surface area contributed by atoms with Gasteiger partial charge in [0.15, 0.2) is 17.4 Å². The Morgan fingerprint density at radius 2 is 2.00 bits per heavy atom. The molecule has 0 radical (unpaired) electrons. The molecule has 114 valence electrons. The van der Waals surface area contributed by atoms with Crippen molar-refractivity contribution in [3.05, 3.63) is 35.4 Å². The SMILES string of the molecule is CC1CCCC(Oc2c(F)cc(C=CC(=O)O)cc2F)C1. The maximum absolute atomic E-state index is 13.9. The summed E-state index contributed by atoms with van der Waals surface area (Å²) in [6, 6.07) is 2.15. The fourth-order valence-electron chi connectivity index (χ4n) is 2.61. The number of ether oxygens (including phenoxy) is 1. The van der Waals surface area contributed by atoms with Crippen LogP contribution in [0.5, 0.6) is 5.75 Å². The Labute approximate surface area is 122 Å². The monoisotopic (exact) mass is 296 g/mol. The van der Waals surface area contributed by atoms with E-state index in [-0.39, 0.29) is 17.4 Å². The van der Waals surface area contributed by atoms with E-state index >= 15 is 0 Å². The predicted molar refractivity (Wildman–Crippen MR) is 75.1 cm³/mol. The van der Waals surface area contributed by atoms with E-state index in [4.69, 9.17) is 9.84 Å². The minimum atomic E-state index is -1.17. The second kappa shape index (κ2) is 6.70. The van der Waals surface area contributed by atoms with Crippen molar-refractivity contribution in [2.75, 3.05) is 0 Å². The highest BCUT2D eigenvalue weighted by Crippen LogP contribution is 2.31. The van der Waals surface area contributed by atoms with Crippen LogP contribution in [-0.2, 0) is 4.79 Å². The molecule has 3 nitrogen and oxygen atoms in total. The quantitative estimate of drug-likeness (QED) is 0.854. The second-order valence-electron chi connectivity index (χ2n) is 5.50. The van der Waals surface area contributed by atoms with Gasteiger partial charge in [0, 0.05) is 6.08 Å². The van der Waals surface area contributed by atoms with E-state index < -0.39 is 17.6 Å². The van der Waals surface area contributed by atoms with Crippen molar-refractivity contribution in [2.45, 2.75) is 38.7 Å². The lowest BCUT2D eigenvalue weighted by Gasteiger charge is -2.27. The van der Waals surface area contributed by atoms with Crippen molar-refractivity contribution in [3.63, 3.8) is 0 Å². The van der Waals surface area contributed by atoms with Crippen LogP contribution in [0.4, 0.5) is 8.78 Å². The molecule has 5 heteroatoms. The standard InChI is InChI=1S/C16H18F2O3/c1-10-3-2-4-12(7-10)21-16-13(17)8-11(9-14(16)18)5-6-15(19)20/h5-6,8-10,12H,2-4,7H2,1H3,(H,19,20). The molecule has 1 aromatic rings. The smallest absolute Gasteiger partial charge is 0.328 e. The summed E-state index contributed by atoms with van der Waals surface area (Å²) in [5, 5.41) is 8.51. The molecule has 1 N–H and O–H groups in total. The molecule has 1 saturated carbocycles. The van der Waals surface area contributed by atoms with Crippen LogP contribution in [0.1, 0.15) is 38.2 Å². The largest absolute Gasteiger partial charge is 0.484 e. The van der Waals surface area contributed by atoms with E-state index in [2.05, 4.69) is 6.92 Å². The molecule has 21 heavy (non-hydrogen) atoms. The summed E-state index contributed by atoms with van der Waals surface area (Å²) in [6.07, 6.45) is 5.50. The first-order valence-electron chi connectivity index (χ1n) is 7.02. The summed E-state index contributed by atoms with van der Waals surface area (Å²) < 4.78 is 33.4. The van der Waals surface area contributed by atoms with Gasteiger partial charge in [0.05, 0.1) is 6.10 Å². The number of aliphatic carboxylic acids is 1. The number of carboxylic acids is 1. The highest BCUT2D eigenvalue weighted by atomic mass is 19.1. The summed E-state index contributed by atoms with van der Waals surface area (Å²) in [5.74, 6) is -2.67. The van der Waals surface area contributed by atoms with Gasteiger partial charge in [-0.2, -0.15) is 0 Å². The normalized spacial score (nSPS) is 22.4. The molecule has 1 aliphatic rings. The molecule has 0 heterocycles. The lowest BCUT2D eigenvalue weighted by atomic mass is 9.89. The molecule has 0 saturated heterocycles. The fraction of sp³-hybridized carbons (Fsp3) is 0.438. The van der Waals surface area contributed by atoms with Crippen molar-refractivity contribution >= 4 is 12.0 Å². The Morgan fingerprint density at radius 3 is 2.57 bits per heavy atom. The van der Waals surface area contributed by atoms with Crippen LogP contribution in [-0.4, -0.2) is 17.2 Å². The van der Waals surface area contributed by atoms with Gasteiger partial charge in [-0.3, -0.25) is 0 Å². The number of carboxylic acid groups (broad SMARTS) is 1. The van der Waals surface area contributed by atoms with Crippen molar-refractivity contribution in [1.29, 1.82) is 0 Å². The summed E-state index contributed by atoms with van der Waals surface area (Å²) in [7, 11) is 0. The molecule has 0 spiro atoms. The molecule has 0 aliphatic heterocycles. The van der Waals surface area contributed by atoms with Gasteiger partial charge in [-0.25, -0.2) is 13.6 Å². The first-order valence-corrected chi connectivity index (χ1v) is 7.02. The van der Waals surface area contributed by atoms with Crippen LogP contribution in [0, 0.1) is 17.6 Å². The maximum atomic E-state index is 13.9. The van der Waals surface area contributed by atoms with E-state index in [1.54, 1.807) is 0 Å². The highest BCUT2D eigenvalue weighted by molar-refractivity contribution is 5.85. The highest BCUT2D eigenvalue weighted by Gasteiger charge is 2.23. The lowest BCUT2D eigenvalue weighted by Crippen LogP contribution is -2.24. The van der Waals surface area contributed by atoms with Crippen LogP contribution < -0.4 is 4.74 Å². The minimum Gasteiger partial charge on any atom is -0.484 e. The number of carbonyl (C=O) groups is 1. The van der Waals surface area contributed by atoms with Crippen LogP contribution in [0.2, 0.25) is 0 Å². The summed E-state index contributed by atoms with van der Waals surface area (Å²) in [6.45, 7) is 2.10. The lowest BCUT2D eigenvalue weighted by molar-refractivity contribution is -0.131. The number of hydrogen-bond acceptors (Lipinski definition) is 2. The minimum absolute atomic E-state index is 0.150. The number of rotatable bonds is 4. The van der Waals surface area contributed by atoms with Gasteiger partial charge in [-0.05, 0) is 49.0 Å². The first-order chi connectivity index (χ1) is 9.95. The van der Waals surface area contributed by atoms with Crippen molar-refractivity contribution in [2.24, 2.45) is 5.92 Å². The molecular formula is C16H18F2O3. The molecule has 0 bridgehead atoms. The van der Waals surface area contributed by atoms with E-state index in [0.29, 0.717) is 5.92 Å². The topological polar surface area (TPSA) is 46.5 Å². The number of benzene rings is 1. The molecule has 2 atom stereocenters. The average molecular weight is 296 g/mol. The summed E-state index contributed by atoms with van der Waals surface area (Å²) in [4.78, 5) is 10.4. The summed E-state index contributed by atoms with van der Waals surface area (Å²) in [5.41, 5.74) is 0.150. The van der Waals surface area contributed by atoms with Crippen LogP contribution in [0.25, 0.3) is 6.08 Å². The number of hydrogen-bond donors (Lipinski definition) is 1. The Kier molecular flexibility index (Phi) is 4.94. The van der Waals surface area contributed by atoms with Crippen LogP contribution in [0.3, 0.4) is 0 Å². The van der Waals surface area contributed by atoms with Gasteiger partial charge >= 0.3 is 5.97 Å². The number of halogens is 2. The molecule has 0 amide bonds. The van der Waals surface area contributed by atoms with Crippen LogP contribution >= 0.6 is 0 Å². The van der Waals surface area contributed by atoms with E-state index in [1.807, 2.05) is 0 Å². The van der Waals surface area contributed by atoms with Gasteiger partial charge in [-0.15, -0.1) is 0 Å². The molecule has 2 unspecified atom stereocenters. The third kappa shape index (κ3) is 4.28. The summed E-state index contributed by atoms with van der Waals surface area (Å²) >= 11 is 0. The zero-order valence-corrected chi connectivity index (χ0v) is 11.8. The third-order valence-electron chi connectivity index (χ3n) is 3.61. The molecule has 1 aliphatic carbocycles. The Hall–Kier alpha value is -1.91. The van der Waals surface area contributed by atoms with Crippen LogP contribution in [0.15, 0.2) is 18.2 Å². The predicted octanol–water partition coefficient (Wildman–Crippen LogP) is 4.02. The third-order valence-corrected chi connectivity index (χ3v) is 3.61. The van der Waals surface area contributed by atoms with Gasteiger partial charge in [0.2, 0.25) is 0 Å². The fourth-order valence-corrected chi connectivity index (χ4v) is 2.61. The van der Waals surface area contributed by atoms with Gasteiger partial charge in [0.25, 0.3) is 0 Å². The zero-order valence-electron chi connectivity index (χ0n) is 11.8. The van der Waals surface area contributed by atoms with E-state index in [1.165, 1.54) is 0 Å². The molecule has 1 aromatic carbocycles. The van der Waals surface area contributed by atoms with Crippen molar-refractivity contribution in [3.8, 4) is 5.75 Å². The first kappa shape index (κ1) is 15.5. The van der Waals surface area contributed by atoms with E-state index in [0.717, 1.165) is 50.0 Å². The zero-order chi connectivity index (χ0) is 15.4. The van der Waals surface area contributed by atoms with Gasteiger partial charge < -0.3 is 9.84 Å². The Morgan fingerprint density at radius 1 is 1.33 bits per heavy atom. The van der Waals surface area contributed by atoms with Gasteiger partial charge in [-0.1, -0.05) is 13.3 Å². The average Bonchev–Trinajstić information content (AvgIpc) is 2.40. The molecular weight excluding hydrogens is 278 g/mol. The molecule has 1 fully saturated rings. The Balaban J connectivity index is 2.15. The maximum Gasteiger partial charge on any atom is 0.328 e. The Bertz CT molecular complexity index is 531. The molecule has 0 aromatic heterocycles. The van der Waals surface area contributed by atoms with Crippen molar-refractivity contribution in [1.82, 2.24) is 0 Å². The van der Waals surface area contributed by atoms with Gasteiger partial charge in [0.1, 0.15) is 0 Å². The van der Waals surface area contributed by atoms with Crippen molar-refractivity contribution < 1.29 is 23.4 Å².